The summed E-state index contributed by atoms with van der Waals surface area (Å²) >= 11 is 9.18. The fourth-order valence-corrected chi connectivity index (χ4v) is 2.15. The SMILES string of the molecule is O=C(OCc1ccc([N+](=O)[O-])cc1)c1cc(Br)ccc1Cl. The van der Waals surface area contributed by atoms with Crippen molar-refractivity contribution in [1.29, 1.82) is 0 Å². The van der Waals surface area contributed by atoms with Gasteiger partial charge >= 0.3 is 5.97 Å². The lowest BCUT2D eigenvalue weighted by Gasteiger charge is -2.06. The Kier molecular flexibility index (Phi) is 4.93. The first-order valence-electron chi connectivity index (χ1n) is 5.83. The number of nitro groups is 1. The number of rotatable bonds is 4. The number of hydrogen-bond donors (Lipinski definition) is 0. The Morgan fingerprint density at radius 2 is 1.90 bits per heavy atom. The Balaban J connectivity index is 2.04. The van der Waals surface area contributed by atoms with Gasteiger partial charge in [-0.25, -0.2) is 4.79 Å². The second-order valence-electron chi connectivity index (χ2n) is 4.12. The molecule has 0 N–H and O–H groups in total. The Bertz CT molecular complexity index is 688. The van der Waals surface area contributed by atoms with Crippen LogP contribution < -0.4 is 0 Å². The standard InChI is InChI=1S/C14H9BrClNO4/c15-10-3-6-13(16)12(7-10)14(18)21-8-9-1-4-11(5-2-9)17(19)20/h1-7H,8H2. The molecule has 0 aliphatic rings. The molecule has 0 bridgehead atoms. The number of halogens is 2. The molecular weight excluding hydrogens is 362 g/mol. The summed E-state index contributed by atoms with van der Waals surface area (Å²) in [7, 11) is 0. The summed E-state index contributed by atoms with van der Waals surface area (Å²) in [5.41, 5.74) is 0.896. The molecule has 5 nitrogen and oxygen atoms in total. The highest BCUT2D eigenvalue weighted by molar-refractivity contribution is 9.10. The van der Waals surface area contributed by atoms with E-state index in [9.17, 15) is 14.9 Å². The summed E-state index contributed by atoms with van der Waals surface area (Å²) in [5.74, 6) is -0.556. The third-order valence-electron chi connectivity index (χ3n) is 2.67. The maximum atomic E-state index is 11.9. The topological polar surface area (TPSA) is 69.4 Å². The summed E-state index contributed by atoms with van der Waals surface area (Å²) in [5, 5.41) is 10.8. The van der Waals surface area contributed by atoms with Crippen LogP contribution >= 0.6 is 27.5 Å². The molecule has 0 atom stereocenters. The molecule has 7 heteroatoms. The highest BCUT2D eigenvalue weighted by Gasteiger charge is 2.13. The highest BCUT2D eigenvalue weighted by Crippen LogP contribution is 2.22. The maximum absolute atomic E-state index is 11.9. The van der Waals surface area contributed by atoms with E-state index in [0.717, 1.165) is 0 Å². The zero-order chi connectivity index (χ0) is 15.4. The molecule has 0 aliphatic heterocycles. The molecule has 0 aliphatic carbocycles. The van der Waals surface area contributed by atoms with Gasteiger partial charge in [0.1, 0.15) is 6.61 Å². The van der Waals surface area contributed by atoms with Crippen LogP contribution in [0, 0.1) is 10.1 Å². The predicted octanol–water partition coefficient (Wildman–Crippen LogP) is 4.37. The van der Waals surface area contributed by atoms with E-state index in [1.807, 2.05) is 0 Å². The highest BCUT2D eigenvalue weighted by atomic mass is 79.9. The normalized spacial score (nSPS) is 10.2. The molecule has 0 amide bonds. The number of non-ortho nitro benzene ring substituents is 1. The first-order chi connectivity index (χ1) is 9.97. The molecule has 0 fully saturated rings. The van der Waals surface area contributed by atoms with E-state index in [2.05, 4.69) is 15.9 Å². The van der Waals surface area contributed by atoms with Crippen molar-refractivity contribution in [2.24, 2.45) is 0 Å². The molecule has 2 rings (SSSR count). The second-order valence-corrected chi connectivity index (χ2v) is 5.45. The van der Waals surface area contributed by atoms with Crippen LogP contribution in [0.15, 0.2) is 46.9 Å². The third-order valence-corrected chi connectivity index (χ3v) is 3.49. The number of hydrogen-bond acceptors (Lipinski definition) is 4. The van der Waals surface area contributed by atoms with Gasteiger partial charge in [-0.15, -0.1) is 0 Å². The fourth-order valence-electron chi connectivity index (χ4n) is 1.59. The van der Waals surface area contributed by atoms with Crippen LogP contribution in [-0.2, 0) is 11.3 Å². The molecule has 0 radical (unpaired) electrons. The smallest absolute Gasteiger partial charge is 0.340 e. The molecule has 0 aromatic heterocycles. The summed E-state index contributed by atoms with van der Waals surface area (Å²) < 4.78 is 5.85. The van der Waals surface area contributed by atoms with E-state index < -0.39 is 10.9 Å². The van der Waals surface area contributed by atoms with Gasteiger partial charge in [-0.05, 0) is 35.9 Å². The third kappa shape index (κ3) is 4.03. The quantitative estimate of drug-likeness (QED) is 0.455. The molecule has 0 unspecified atom stereocenters. The molecule has 108 valence electrons. The Labute approximate surface area is 133 Å². The average Bonchev–Trinajstić information content (AvgIpc) is 2.47. The van der Waals surface area contributed by atoms with Gasteiger partial charge in [-0.3, -0.25) is 10.1 Å². The monoisotopic (exact) mass is 369 g/mol. The molecule has 0 saturated heterocycles. The lowest BCUT2D eigenvalue weighted by Crippen LogP contribution is -2.06. The first kappa shape index (κ1) is 15.5. The molecular formula is C14H9BrClNO4. The van der Waals surface area contributed by atoms with Crippen molar-refractivity contribution >= 4 is 39.2 Å². The van der Waals surface area contributed by atoms with Crippen molar-refractivity contribution in [2.75, 3.05) is 0 Å². The number of nitro benzene ring substituents is 1. The Hall–Kier alpha value is -1.92. The van der Waals surface area contributed by atoms with Gasteiger partial charge in [-0.1, -0.05) is 27.5 Å². The van der Waals surface area contributed by atoms with Crippen molar-refractivity contribution in [3.05, 3.63) is 73.2 Å². The van der Waals surface area contributed by atoms with Crippen LogP contribution in [0.4, 0.5) is 5.69 Å². The molecule has 0 heterocycles. The molecule has 0 spiro atoms. The fraction of sp³-hybridized carbons (Fsp3) is 0.0714. The van der Waals surface area contributed by atoms with Gasteiger partial charge in [0, 0.05) is 16.6 Å². The minimum atomic E-state index is -0.556. The van der Waals surface area contributed by atoms with Crippen LogP contribution in [-0.4, -0.2) is 10.9 Å². The van der Waals surface area contributed by atoms with Crippen molar-refractivity contribution in [2.45, 2.75) is 6.61 Å². The molecule has 0 saturated carbocycles. The van der Waals surface area contributed by atoms with Crippen LogP contribution in [0.25, 0.3) is 0 Å². The largest absolute Gasteiger partial charge is 0.457 e. The predicted molar refractivity (Wildman–Crippen MR) is 81.4 cm³/mol. The number of benzene rings is 2. The summed E-state index contributed by atoms with van der Waals surface area (Å²) in [4.78, 5) is 22.0. The van der Waals surface area contributed by atoms with E-state index in [0.29, 0.717) is 15.1 Å². The van der Waals surface area contributed by atoms with E-state index in [-0.39, 0.29) is 17.9 Å². The Morgan fingerprint density at radius 1 is 1.24 bits per heavy atom. The van der Waals surface area contributed by atoms with Crippen molar-refractivity contribution in [3.63, 3.8) is 0 Å². The summed E-state index contributed by atoms with van der Waals surface area (Å²) in [6.07, 6.45) is 0. The number of esters is 1. The van der Waals surface area contributed by atoms with Crippen molar-refractivity contribution < 1.29 is 14.5 Å². The van der Waals surface area contributed by atoms with Gasteiger partial charge in [0.15, 0.2) is 0 Å². The molecule has 2 aromatic rings. The van der Waals surface area contributed by atoms with Crippen molar-refractivity contribution in [1.82, 2.24) is 0 Å². The van der Waals surface area contributed by atoms with E-state index in [4.69, 9.17) is 16.3 Å². The Morgan fingerprint density at radius 3 is 2.52 bits per heavy atom. The summed E-state index contributed by atoms with van der Waals surface area (Å²) in [6.45, 7) is 0.0136. The zero-order valence-corrected chi connectivity index (χ0v) is 12.9. The van der Waals surface area contributed by atoms with Gasteiger partial charge in [0.2, 0.25) is 0 Å². The number of carbonyl (C=O) groups excluding carboxylic acids is 1. The second kappa shape index (κ2) is 6.69. The van der Waals surface area contributed by atoms with E-state index in [1.165, 1.54) is 24.3 Å². The number of ether oxygens (including phenoxy) is 1. The first-order valence-corrected chi connectivity index (χ1v) is 7.00. The van der Waals surface area contributed by atoms with Crippen LogP contribution in [0.2, 0.25) is 5.02 Å². The molecule has 21 heavy (non-hydrogen) atoms. The number of carbonyl (C=O) groups is 1. The maximum Gasteiger partial charge on any atom is 0.340 e. The lowest BCUT2D eigenvalue weighted by molar-refractivity contribution is -0.384. The minimum Gasteiger partial charge on any atom is -0.457 e. The van der Waals surface area contributed by atoms with E-state index in [1.54, 1.807) is 18.2 Å². The minimum absolute atomic E-state index is 0.0136. The van der Waals surface area contributed by atoms with Gasteiger partial charge < -0.3 is 4.74 Å². The van der Waals surface area contributed by atoms with Crippen molar-refractivity contribution in [3.8, 4) is 0 Å². The zero-order valence-electron chi connectivity index (χ0n) is 10.6. The van der Waals surface area contributed by atoms with Crippen LogP contribution in [0.1, 0.15) is 15.9 Å². The number of nitrogens with zero attached hydrogens (tertiary/aromatic N) is 1. The van der Waals surface area contributed by atoms with Gasteiger partial charge in [0.05, 0.1) is 15.5 Å². The summed E-state index contributed by atoms with van der Waals surface area (Å²) in [6, 6.07) is 10.7. The molecule has 2 aromatic carbocycles. The van der Waals surface area contributed by atoms with Gasteiger partial charge in [-0.2, -0.15) is 0 Å². The average molecular weight is 371 g/mol. The van der Waals surface area contributed by atoms with Crippen LogP contribution in [0.3, 0.4) is 0 Å². The van der Waals surface area contributed by atoms with E-state index >= 15 is 0 Å². The lowest BCUT2D eigenvalue weighted by atomic mass is 10.2. The van der Waals surface area contributed by atoms with Gasteiger partial charge in [0.25, 0.3) is 5.69 Å². The van der Waals surface area contributed by atoms with Crippen LogP contribution in [0.5, 0.6) is 0 Å².